The highest BCUT2D eigenvalue weighted by molar-refractivity contribution is 7.80. The summed E-state index contributed by atoms with van der Waals surface area (Å²) in [4.78, 5) is 6.85. The van der Waals surface area contributed by atoms with Crippen LogP contribution >= 0.6 is 12.2 Å². The Morgan fingerprint density at radius 3 is 3.16 bits per heavy atom. The number of nitrogens with zero attached hydrogens (tertiary/aromatic N) is 5. The van der Waals surface area contributed by atoms with E-state index < -0.39 is 0 Å². The first kappa shape index (κ1) is 12.2. The lowest BCUT2D eigenvalue weighted by Gasteiger charge is -2.33. The van der Waals surface area contributed by atoms with Crippen molar-refractivity contribution in [2.45, 2.75) is 13.0 Å². The highest BCUT2D eigenvalue weighted by atomic mass is 32.1. The molecule has 1 atom stereocenters. The van der Waals surface area contributed by atoms with Crippen molar-refractivity contribution in [2.75, 3.05) is 24.6 Å². The second-order valence-electron chi connectivity index (χ2n) is 4.40. The third kappa shape index (κ3) is 2.13. The van der Waals surface area contributed by atoms with Gasteiger partial charge in [0, 0.05) is 18.9 Å². The Hall–Kier alpha value is -1.80. The van der Waals surface area contributed by atoms with Crippen LogP contribution < -0.4 is 10.6 Å². The van der Waals surface area contributed by atoms with E-state index in [2.05, 4.69) is 20.1 Å². The molecule has 7 nitrogen and oxygen atoms in total. The molecule has 1 aliphatic heterocycles. The van der Waals surface area contributed by atoms with Gasteiger partial charge in [-0.15, -0.1) is 10.2 Å². The summed E-state index contributed by atoms with van der Waals surface area (Å²) in [5.74, 6) is 1.62. The number of anilines is 1. The Kier molecular flexibility index (Phi) is 3.03. The fourth-order valence-corrected chi connectivity index (χ4v) is 2.31. The maximum atomic E-state index is 5.65. The van der Waals surface area contributed by atoms with Gasteiger partial charge in [-0.25, -0.2) is 4.98 Å². The molecule has 0 aromatic carbocycles. The number of rotatable bonds is 2. The summed E-state index contributed by atoms with van der Waals surface area (Å²) < 4.78 is 7.44. The van der Waals surface area contributed by atoms with Crippen LogP contribution in [-0.2, 0) is 4.74 Å². The molecule has 0 spiro atoms. The Balaban J connectivity index is 1.97. The zero-order chi connectivity index (χ0) is 13.4. The van der Waals surface area contributed by atoms with Crippen molar-refractivity contribution in [1.29, 1.82) is 0 Å². The fraction of sp³-hybridized carbons (Fsp3) is 0.455. The van der Waals surface area contributed by atoms with E-state index in [0.717, 1.165) is 23.8 Å². The van der Waals surface area contributed by atoms with Gasteiger partial charge in [-0.05, 0) is 6.92 Å². The van der Waals surface area contributed by atoms with Gasteiger partial charge >= 0.3 is 0 Å². The van der Waals surface area contributed by atoms with E-state index in [1.54, 1.807) is 6.20 Å². The number of hydrogen-bond acceptors (Lipinski definition) is 6. The Bertz CT molecular complexity index is 627. The predicted octanol–water partition coefficient (Wildman–Crippen LogP) is -0.0760. The molecule has 2 N–H and O–H groups in total. The minimum absolute atomic E-state index is 0.241. The molecule has 2 aromatic heterocycles. The molecule has 0 aliphatic carbocycles. The van der Waals surface area contributed by atoms with Crippen LogP contribution in [0, 0.1) is 6.92 Å². The molecular formula is C11H14N6OS. The number of nitrogens with two attached hydrogens (primary N) is 1. The number of aromatic nitrogens is 4. The van der Waals surface area contributed by atoms with Crippen LogP contribution in [0.25, 0.3) is 5.65 Å². The summed E-state index contributed by atoms with van der Waals surface area (Å²) in [6, 6.07) is 0. The van der Waals surface area contributed by atoms with Crippen LogP contribution in [0.2, 0.25) is 0 Å². The van der Waals surface area contributed by atoms with E-state index in [1.807, 2.05) is 17.5 Å². The van der Waals surface area contributed by atoms with Gasteiger partial charge in [0.15, 0.2) is 5.82 Å². The first-order valence-electron chi connectivity index (χ1n) is 5.99. The number of thiocarbonyl (C=S) groups is 1. The second kappa shape index (κ2) is 4.71. The average molecular weight is 278 g/mol. The first-order valence-corrected chi connectivity index (χ1v) is 6.40. The molecule has 3 rings (SSSR count). The number of aryl methyl sites for hydroxylation is 1. The molecule has 100 valence electrons. The normalized spacial score (nSPS) is 19.8. The largest absolute Gasteiger partial charge is 0.391 e. The fourth-order valence-electron chi connectivity index (χ4n) is 2.17. The monoisotopic (exact) mass is 278 g/mol. The summed E-state index contributed by atoms with van der Waals surface area (Å²) in [6.45, 7) is 3.80. The highest BCUT2D eigenvalue weighted by Gasteiger charge is 2.25. The minimum Gasteiger partial charge on any atom is -0.391 e. The topological polar surface area (TPSA) is 81.6 Å². The molecule has 3 heterocycles. The van der Waals surface area contributed by atoms with Gasteiger partial charge in [-0.3, -0.25) is 4.40 Å². The second-order valence-corrected chi connectivity index (χ2v) is 4.87. The van der Waals surface area contributed by atoms with Gasteiger partial charge in [0.05, 0.1) is 13.2 Å². The Morgan fingerprint density at radius 1 is 1.53 bits per heavy atom. The first-order chi connectivity index (χ1) is 9.16. The van der Waals surface area contributed by atoms with Crippen molar-refractivity contribution in [3.63, 3.8) is 0 Å². The number of morpholine rings is 1. The van der Waals surface area contributed by atoms with Crippen LogP contribution in [0.4, 0.5) is 5.82 Å². The molecule has 1 unspecified atom stereocenters. The molecule has 8 heteroatoms. The van der Waals surface area contributed by atoms with Gasteiger partial charge in [0.2, 0.25) is 5.65 Å². The van der Waals surface area contributed by atoms with Crippen molar-refractivity contribution >= 4 is 28.7 Å². The van der Waals surface area contributed by atoms with Gasteiger partial charge < -0.3 is 15.4 Å². The van der Waals surface area contributed by atoms with Gasteiger partial charge in [0.25, 0.3) is 0 Å². The van der Waals surface area contributed by atoms with Crippen molar-refractivity contribution < 1.29 is 4.74 Å². The van der Waals surface area contributed by atoms with Crippen molar-refractivity contribution in [1.82, 2.24) is 19.6 Å². The van der Waals surface area contributed by atoms with Crippen molar-refractivity contribution in [3.05, 3.63) is 18.2 Å². The quantitative estimate of drug-likeness (QED) is 0.770. The van der Waals surface area contributed by atoms with Crippen LogP contribution in [0.1, 0.15) is 5.82 Å². The van der Waals surface area contributed by atoms with E-state index >= 15 is 0 Å². The molecular weight excluding hydrogens is 264 g/mol. The van der Waals surface area contributed by atoms with E-state index in [-0.39, 0.29) is 6.10 Å². The van der Waals surface area contributed by atoms with Crippen molar-refractivity contribution in [2.24, 2.45) is 5.73 Å². The van der Waals surface area contributed by atoms with Crippen LogP contribution in [0.3, 0.4) is 0 Å². The van der Waals surface area contributed by atoms with Crippen LogP contribution in [-0.4, -0.2) is 50.4 Å². The standard InChI is InChI=1S/C11H14N6OS/c1-7-14-15-11-10(13-2-3-17(7)11)16-4-5-18-8(6-16)9(12)19/h2-3,8H,4-6H2,1H3,(H2,12,19). The van der Waals surface area contributed by atoms with E-state index in [0.29, 0.717) is 18.1 Å². The van der Waals surface area contributed by atoms with E-state index in [1.165, 1.54) is 0 Å². The third-order valence-electron chi connectivity index (χ3n) is 3.16. The summed E-state index contributed by atoms with van der Waals surface area (Å²) in [5, 5.41) is 8.24. The predicted molar refractivity (Wildman–Crippen MR) is 74.3 cm³/mol. The third-order valence-corrected chi connectivity index (χ3v) is 3.43. The Morgan fingerprint density at radius 2 is 2.37 bits per heavy atom. The number of fused-ring (bicyclic) bond motifs is 1. The van der Waals surface area contributed by atoms with Gasteiger partial charge in [0.1, 0.15) is 16.9 Å². The molecule has 0 saturated carbocycles. The van der Waals surface area contributed by atoms with Crippen molar-refractivity contribution in [3.8, 4) is 0 Å². The zero-order valence-corrected chi connectivity index (χ0v) is 11.3. The lowest BCUT2D eigenvalue weighted by molar-refractivity contribution is 0.0845. The minimum atomic E-state index is -0.241. The molecule has 19 heavy (non-hydrogen) atoms. The summed E-state index contributed by atoms with van der Waals surface area (Å²) >= 11 is 4.99. The van der Waals surface area contributed by atoms with Gasteiger partial charge in [-0.1, -0.05) is 12.2 Å². The van der Waals surface area contributed by atoms with Gasteiger partial charge in [-0.2, -0.15) is 0 Å². The number of hydrogen-bond donors (Lipinski definition) is 1. The molecule has 0 radical (unpaired) electrons. The van der Waals surface area contributed by atoms with E-state index in [4.69, 9.17) is 22.7 Å². The maximum Gasteiger partial charge on any atom is 0.203 e. The molecule has 2 aromatic rings. The van der Waals surface area contributed by atoms with Crippen LogP contribution in [0.5, 0.6) is 0 Å². The zero-order valence-electron chi connectivity index (χ0n) is 10.5. The molecule has 1 aliphatic rings. The lowest BCUT2D eigenvalue weighted by atomic mass is 10.2. The SMILES string of the molecule is Cc1nnc2c(N3CCOC(C(N)=S)C3)nccn12. The molecule has 1 saturated heterocycles. The summed E-state index contributed by atoms with van der Waals surface area (Å²) in [5.41, 5.74) is 6.39. The van der Waals surface area contributed by atoms with E-state index in [9.17, 15) is 0 Å². The number of ether oxygens (including phenoxy) is 1. The Labute approximate surface area is 115 Å². The molecule has 0 amide bonds. The lowest BCUT2D eigenvalue weighted by Crippen LogP contribution is -2.48. The highest BCUT2D eigenvalue weighted by Crippen LogP contribution is 2.20. The summed E-state index contributed by atoms with van der Waals surface area (Å²) in [6.07, 6.45) is 3.35. The maximum absolute atomic E-state index is 5.65. The smallest absolute Gasteiger partial charge is 0.203 e. The molecule has 1 fully saturated rings. The molecule has 0 bridgehead atoms. The van der Waals surface area contributed by atoms with Crippen LogP contribution in [0.15, 0.2) is 12.4 Å². The summed E-state index contributed by atoms with van der Waals surface area (Å²) in [7, 11) is 0. The average Bonchev–Trinajstić information content (AvgIpc) is 2.81.